The van der Waals surface area contributed by atoms with Crippen LogP contribution >= 0.6 is 0 Å². The molecule has 37 heavy (non-hydrogen) atoms. The highest BCUT2D eigenvalue weighted by atomic mass is 16.4. The lowest BCUT2D eigenvalue weighted by atomic mass is 10.1. The average Bonchev–Trinajstić information content (AvgIpc) is 2.80. The fourth-order valence-corrected chi connectivity index (χ4v) is 2.82. The summed E-state index contributed by atoms with van der Waals surface area (Å²) in [4.78, 5) is 67.9. The first-order valence-corrected chi connectivity index (χ1v) is 11.1. The maximum absolute atomic E-state index is 12.9. The monoisotopic (exact) mass is 532 g/mol. The molecular formula is C19H36N10O8. The lowest BCUT2D eigenvalue weighted by molar-refractivity contribution is -0.143. The van der Waals surface area contributed by atoms with Gasteiger partial charge in [0.15, 0.2) is 11.9 Å². The number of rotatable bonds is 18. The molecule has 4 atom stereocenters. The van der Waals surface area contributed by atoms with Gasteiger partial charge in [-0.1, -0.05) is 0 Å². The minimum Gasteiger partial charge on any atom is -0.481 e. The number of aliphatic imine (C=N–C) groups is 2. The zero-order chi connectivity index (χ0) is 28.5. The first-order chi connectivity index (χ1) is 17.3. The van der Waals surface area contributed by atoms with Crippen molar-refractivity contribution in [2.75, 3.05) is 19.7 Å². The number of nitrogens with zero attached hydrogens (tertiary/aromatic N) is 2. The number of guanidine groups is 2. The minimum absolute atomic E-state index is 0.0384. The van der Waals surface area contributed by atoms with Crippen molar-refractivity contribution in [2.24, 2.45) is 38.7 Å². The van der Waals surface area contributed by atoms with Crippen LogP contribution in [0.3, 0.4) is 0 Å². The first-order valence-electron chi connectivity index (χ1n) is 11.1. The molecule has 0 bridgehead atoms. The summed E-state index contributed by atoms with van der Waals surface area (Å²) in [5.74, 6) is -6.12. The number of carboxylic acids is 2. The van der Waals surface area contributed by atoms with Crippen LogP contribution in [-0.2, 0) is 24.0 Å². The maximum Gasteiger partial charge on any atom is 0.326 e. The summed E-state index contributed by atoms with van der Waals surface area (Å²) >= 11 is 0. The second-order valence-electron chi connectivity index (χ2n) is 7.81. The van der Waals surface area contributed by atoms with Crippen molar-refractivity contribution in [2.45, 2.75) is 56.3 Å². The highest BCUT2D eigenvalue weighted by Crippen LogP contribution is 2.05. The van der Waals surface area contributed by atoms with Gasteiger partial charge in [-0.3, -0.25) is 29.2 Å². The fourth-order valence-electron chi connectivity index (χ4n) is 2.82. The molecule has 0 fully saturated rings. The second kappa shape index (κ2) is 17.3. The van der Waals surface area contributed by atoms with E-state index in [0.29, 0.717) is 0 Å². The smallest absolute Gasteiger partial charge is 0.326 e. The molecule has 18 nitrogen and oxygen atoms in total. The van der Waals surface area contributed by atoms with Crippen LogP contribution in [0.25, 0.3) is 0 Å². The molecule has 210 valence electrons. The molecule has 4 unspecified atom stereocenters. The first kappa shape index (κ1) is 32.8. The Hall–Kier alpha value is -4.19. The van der Waals surface area contributed by atoms with Crippen LogP contribution in [0, 0.1) is 0 Å². The van der Waals surface area contributed by atoms with Crippen LogP contribution in [0.2, 0.25) is 0 Å². The highest BCUT2D eigenvalue weighted by Gasteiger charge is 2.31. The van der Waals surface area contributed by atoms with Crippen molar-refractivity contribution in [3.63, 3.8) is 0 Å². The fraction of sp³-hybridized carbons (Fsp3) is 0.632. The van der Waals surface area contributed by atoms with E-state index in [1.165, 1.54) is 0 Å². The van der Waals surface area contributed by atoms with Gasteiger partial charge in [0.25, 0.3) is 0 Å². The van der Waals surface area contributed by atoms with Gasteiger partial charge in [-0.15, -0.1) is 0 Å². The van der Waals surface area contributed by atoms with E-state index in [4.69, 9.17) is 38.9 Å². The van der Waals surface area contributed by atoms with Crippen molar-refractivity contribution in [1.82, 2.24) is 16.0 Å². The third-order valence-electron chi connectivity index (χ3n) is 4.68. The summed E-state index contributed by atoms with van der Waals surface area (Å²) in [6, 6.07) is -5.76. The summed E-state index contributed by atoms with van der Waals surface area (Å²) in [5, 5.41) is 34.3. The molecule has 16 N–H and O–H groups in total. The standard InChI is InChI=1S/C19H36N10O8/c20-9(8-30)14(33)29-12(7-13(31)32)16(35)27-10(3-1-5-25-18(21)22)15(34)28-11(17(36)37)4-2-6-26-19(23)24/h9-12,30H,1-8,20H2,(H,27,35)(H,28,34)(H,29,33)(H,31,32)(H,36,37)(H4,21,22,25)(H4,23,24,26). The Morgan fingerprint density at radius 2 is 1.14 bits per heavy atom. The van der Waals surface area contributed by atoms with Crippen LogP contribution in [0.15, 0.2) is 9.98 Å². The lowest BCUT2D eigenvalue weighted by Crippen LogP contribution is -2.57. The van der Waals surface area contributed by atoms with Gasteiger partial charge in [-0.05, 0) is 25.7 Å². The third kappa shape index (κ3) is 14.7. The molecule has 0 aromatic heterocycles. The minimum atomic E-state index is -1.65. The van der Waals surface area contributed by atoms with Gasteiger partial charge in [-0.2, -0.15) is 0 Å². The third-order valence-corrected chi connectivity index (χ3v) is 4.68. The van der Waals surface area contributed by atoms with Crippen LogP contribution < -0.4 is 44.6 Å². The number of carbonyl (C=O) groups excluding carboxylic acids is 3. The molecular weight excluding hydrogens is 496 g/mol. The van der Waals surface area contributed by atoms with Crippen molar-refractivity contribution in [3.8, 4) is 0 Å². The van der Waals surface area contributed by atoms with E-state index in [9.17, 15) is 29.1 Å². The molecule has 0 aliphatic heterocycles. The number of hydrogen-bond donors (Lipinski definition) is 11. The van der Waals surface area contributed by atoms with E-state index in [1.54, 1.807) is 0 Å². The number of carbonyl (C=O) groups is 5. The molecule has 0 aliphatic carbocycles. The Kier molecular flexibility index (Phi) is 15.3. The number of amides is 3. The largest absolute Gasteiger partial charge is 0.481 e. The quantitative estimate of drug-likeness (QED) is 0.0446. The number of aliphatic hydroxyl groups excluding tert-OH is 1. The van der Waals surface area contributed by atoms with Gasteiger partial charge < -0.3 is 59.9 Å². The molecule has 0 radical (unpaired) electrons. The Balaban J connectivity index is 5.60. The number of nitrogens with two attached hydrogens (primary N) is 5. The molecule has 0 saturated carbocycles. The van der Waals surface area contributed by atoms with E-state index in [-0.39, 0.29) is 50.7 Å². The number of aliphatic hydroxyl groups is 1. The zero-order valence-corrected chi connectivity index (χ0v) is 20.1. The Labute approximate surface area is 212 Å². The number of nitrogens with one attached hydrogen (secondary N) is 3. The molecule has 0 saturated heterocycles. The summed E-state index contributed by atoms with van der Waals surface area (Å²) < 4.78 is 0. The van der Waals surface area contributed by atoms with E-state index in [0.717, 1.165) is 0 Å². The molecule has 0 aliphatic rings. The van der Waals surface area contributed by atoms with Crippen LogP contribution in [0.5, 0.6) is 0 Å². The van der Waals surface area contributed by atoms with Gasteiger partial charge >= 0.3 is 11.9 Å². The average molecular weight is 533 g/mol. The molecule has 18 heteroatoms. The zero-order valence-electron chi connectivity index (χ0n) is 20.1. The maximum atomic E-state index is 12.9. The van der Waals surface area contributed by atoms with E-state index in [1.807, 2.05) is 0 Å². The second-order valence-corrected chi connectivity index (χ2v) is 7.81. The van der Waals surface area contributed by atoms with Crippen molar-refractivity contribution in [3.05, 3.63) is 0 Å². The summed E-state index contributed by atoms with van der Waals surface area (Å²) in [7, 11) is 0. The molecule has 3 amide bonds. The van der Waals surface area contributed by atoms with Crippen LogP contribution in [0.1, 0.15) is 32.1 Å². The van der Waals surface area contributed by atoms with Crippen molar-refractivity contribution >= 4 is 41.6 Å². The molecule has 0 aromatic rings. The molecule has 0 spiro atoms. The van der Waals surface area contributed by atoms with Gasteiger partial charge in [0.05, 0.1) is 13.0 Å². The molecule has 0 heterocycles. The van der Waals surface area contributed by atoms with Gasteiger partial charge in [0.2, 0.25) is 17.7 Å². The number of aliphatic carboxylic acids is 2. The van der Waals surface area contributed by atoms with E-state index >= 15 is 0 Å². The molecule has 0 rings (SSSR count). The van der Waals surface area contributed by atoms with Gasteiger partial charge in [0.1, 0.15) is 24.2 Å². The topological polar surface area (TPSA) is 337 Å². The Bertz CT molecular complexity index is 858. The Morgan fingerprint density at radius 1 is 0.703 bits per heavy atom. The van der Waals surface area contributed by atoms with Crippen molar-refractivity contribution in [1.29, 1.82) is 0 Å². The van der Waals surface area contributed by atoms with Crippen molar-refractivity contribution < 1.29 is 39.3 Å². The van der Waals surface area contributed by atoms with Crippen LogP contribution in [-0.4, -0.2) is 101 Å². The highest BCUT2D eigenvalue weighted by molar-refractivity contribution is 5.95. The van der Waals surface area contributed by atoms with E-state index in [2.05, 4.69) is 25.9 Å². The number of carboxylic acid groups (broad SMARTS) is 2. The predicted molar refractivity (Wildman–Crippen MR) is 131 cm³/mol. The lowest BCUT2D eigenvalue weighted by Gasteiger charge is -2.24. The van der Waals surface area contributed by atoms with E-state index < -0.39 is 66.9 Å². The van der Waals surface area contributed by atoms with Gasteiger partial charge in [0, 0.05) is 13.1 Å². The SMILES string of the molecule is NC(N)=NCCCC(NC(=O)C(CCCN=C(N)N)NC(=O)C(CC(=O)O)NC(=O)C(N)CO)C(=O)O. The number of hydrogen-bond acceptors (Lipinski definition) is 9. The molecule has 0 aromatic carbocycles. The summed E-state index contributed by atoms with van der Waals surface area (Å²) in [5.41, 5.74) is 26.3. The summed E-state index contributed by atoms with van der Waals surface area (Å²) in [6.45, 7) is -0.570. The predicted octanol–water partition coefficient (Wildman–Crippen LogP) is -5.57. The Morgan fingerprint density at radius 3 is 1.57 bits per heavy atom. The van der Waals surface area contributed by atoms with Gasteiger partial charge in [-0.25, -0.2) is 4.79 Å². The summed E-state index contributed by atoms with van der Waals surface area (Å²) in [6.07, 6.45) is -0.583. The normalized spacial score (nSPS) is 13.7. The van der Waals surface area contributed by atoms with Crippen LogP contribution in [0.4, 0.5) is 0 Å².